The molecule has 0 aliphatic carbocycles. The first-order chi connectivity index (χ1) is 15.1. The molecular weight excluding hydrogens is 424 g/mol. The lowest BCUT2D eigenvalue weighted by Crippen LogP contribution is -1.98. The summed E-state index contributed by atoms with van der Waals surface area (Å²) in [7, 11) is 3.10. The molecule has 0 aliphatic heterocycles. The average Bonchev–Trinajstić information content (AvgIpc) is 2.75. The molecule has 0 atom stereocenters. The van der Waals surface area contributed by atoms with Gasteiger partial charge in [0, 0.05) is 17.0 Å². The smallest absolute Gasteiger partial charge is 0.149 e. The maximum atomic E-state index is 10.9. The van der Waals surface area contributed by atoms with Gasteiger partial charge in [-0.05, 0) is 66.4 Å². The highest BCUT2D eigenvalue weighted by atomic mass is 35.5. The Morgan fingerprint density at radius 2 is 1.66 bits per heavy atom. The summed E-state index contributed by atoms with van der Waals surface area (Å²) in [4.78, 5) is 0. The molecular formula is C27H35ClO4. The van der Waals surface area contributed by atoms with Gasteiger partial charge in [-0.25, -0.2) is 0 Å². The number of hydrogen-bond donors (Lipinski definition) is 2. The second kappa shape index (κ2) is 11.3. The fourth-order valence-electron chi connectivity index (χ4n) is 3.67. The molecule has 0 saturated heterocycles. The summed E-state index contributed by atoms with van der Waals surface area (Å²) >= 11 is 6.32. The van der Waals surface area contributed by atoms with Crippen LogP contribution < -0.4 is 9.47 Å². The summed E-state index contributed by atoms with van der Waals surface area (Å²) in [6, 6.07) is 3.49. The van der Waals surface area contributed by atoms with Crippen molar-refractivity contribution < 1.29 is 19.7 Å². The zero-order valence-electron chi connectivity index (χ0n) is 20.2. The molecule has 0 unspecified atom stereocenters. The van der Waals surface area contributed by atoms with Gasteiger partial charge in [-0.15, -0.1) is 0 Å². The van der Waals surface area contributed by atoms with E-state index < -0.39 is 0 Å². The average molecular weight is 459 g/mol. The van der Waals surface area contributed by atoms with Crippen LogP contribution in [0.25, 0.3) is 10.8 Å². The Kier molecular flexibility index (Phi) is 9.09. The van der Waals surface area contributed by atoms with Gasteiger partial charge in [0.25, 0.3) is 0 Å². The van der Waals surface area contributed by atoms with Crippen molar-refractivity contribution in [1.82, 2.24) is 0 Å². The molecule has 2 rings (SSSR count). The highest BCUT2D eigenvalue weighted by Crippen LogP contribution is 2.48. The number of rotatable bonds is 9. The highest BCUT2D eigenvalue weighted by molar-refractivity contribution is 6.35. The van der Waals surface area contributed by atoms with Gasteiger partial charge in [0.05, 0.1) is 19.6 Å². The molecule has 0 heterocycles. The Morgan fingerprint density at radius 1 is 0.969 bits per heavy atom. The van der Waals surface area contributed by atoms with Crippen LogP contribution in [0.2, 0.25) is 5.02 Å². The van der Waals surface area contributed by atoms with E-state index in [0.29, 0.717) is 34.3 Å². The summed E-state index contributed by atoms with van der Waals surface area (Å²) in [6.45, 7) is 10.5. The van der Waals surface area contributed by atoms with Crippen molar-refractivity contribution in [2.45, 2.75) is 60.3 Å². The molecule has 0 saturated carbocycles. The third-order valence-electron chi connectivity index (χ3n) is 5.68. The quantitative estimate of drug-likeness (QED) is 0.375. The predicted octanol–water partition coefficient (Wildman–Crippen LogP) is 7.88. The van der Waals surface area contributed by atoms with Crippen molar-refractivity contribution in [2.24, 2.45) is 0 Å². The van der Waals surface area contributed by atoms with Crippen LogP contribution in [0.1, 0.15) is 59.4 Å². The van der Waals surface area contributed by atoms with Crippen LogP contribution in [0.3, 0.4) is 0 Å². The fraction of sp³-hybridized carbons (Fsp3) is 0.407. The lowest BCUT2D eigenvalue weighted by Gasteiger charge is -2.18. The third-order valence-corrected chi connectivity index (χ3v) is 6.04. The van der Waals surface area contributed by atoms with Crippen LogP contribution in [0, 0.1) is 0 Å². The molecule has 0 bridgehead atoms. The summed E-state index contributed by atoms with van der Waals surface area (Å²) in [5.41, 5.74) is 5.69. The Morgan fingerprint density at radius 3 is 2.22 bits per heavy atom. The lowest BCUT2D eigenvalue weighted by molar-refractivity contribution is 0.396. The van der Waals surface area contributed by atoms with Crippen molar-refractivity contribution in [2.75, 3.05) is 14.2 Å². The maximum absolute atomic E-state index is 10.9. The minimum Gasteiger partial charge on any atom is -0.506 e. The largest absolute Gasteiger partial charge is 0.506 e. The topological polar surface area (TPSA) is 58.9 Å². The van der Waals surface area contributed by atoms with E-state index in [1.807, 2.05) is 0 Å². The van der Waals surface area contributed by atoms with Crippen LogP contribution in [-0.2, 0) is 6.42 Å². The van der Waals surface area contributed by atoms with E-state index in [9.17, 15) is 10.2 Å². The predicted molar refractivity (Wildman–Crippen MR) is 135 cm³/mol. The highest BCUT2D eigenvalue weighted by Gasteiger charge is 2.22. The van der Waals surface area contributed by atoms with Crippen LogP contribution >= 0.6 is 11.6 Å². The summed E-state index contributed by atoms with van der Waals surface area (Å²) in [5.74, 6) is 0.699. The number of hydrogen-bond acceptors (Lipinski definition) is 4. The van der Waals surface area contributed by atoms with Gasteiger partial charge in [0.15, 0.2) is 0 Å². The van der Waals surface area contributed by atoms with Gasteiger partial charge in [0.2, 0.25) is 0 Å². The van der Waals surface area contributed by atoms with Crippen LogP contribution in [0.5, 0.6) is 23.0 Å². The van der Waals surface area contributed by atoms with E-state index in [2.05, 4.69) is 46.8 Å². The second-order valence-electron chi connectivity index (χ2n) is 8.60. The number of fused-ring (bicyclic) bond motifs is 1. The van der Waals surface area contributed by atoms with E-state index in [1.54, 1.807) is 19.2 Å². The standard InChI is InChI=1S/C27H35ClO4/c1-16(2)9-8-10-18(5)11-12-19(17(3)4)13-22-21-14-20(31-6)15-23(32-7)24(21)27(30)25(28)26(22)29/h9,11,14-15,29-30H,8,10,12-13H2,1-7H3/b18-11+. The second-order valence-corrected chi connectivity index (χ2v) is 8.98. The number of allylic oxidation sites excluding steroid dienone is 6. The molecule has 174 valence electrons. The fourth-order valence-corrected chi connectivity index (χ4v) is 3.88. The number of phenols is 2. The number of benzene rings is 2. The molecule has 0 radical (unpaired) electrons. The van der Waals surface area contributed by atoms with E-state index in [-0.39, 0.29) is 16.5 Å². The van der Waals surface area contributed by atoms with Gasteiger partial charge in [0.1, 0.15) is 28.0 Å². The summed E-state index contributed by atoms with van der Waals surface area (Å²) < 4.78 is 10.9. The molecule has 4 nitrogen and oxygen atoms in total. The third kappa shape index (κ3) is 6.01. The zero-order chi connectivity index (χ0) is 24.0. The van der Waals surface area contributed by atoms with Gasteiger partial charge < -0.3 is 19.7 Å². The first kappa shape index (κ1) is 25.7. The van der Waals surface area contributed by atoms with Crippen molar-refractivity contribution in [3.63, 3.8) is 0 Å². The molecule has 32 heavy (non-hydrogen) atoms. The normalized spacial score (nSPS) is 11.4. The van der Waals surface area contributed by atoms with Crippen LogP contribution in [0.15, 0.2) is 46.6 Å². The minimum absolute atomic E-state index is 0.0717. The van der Waals surface area contributed by atoms with Crippen LogP contribution in [-0.4, -0.2) is 24.4 Å². The molecule has 0 aromatic heterocycles. The number of methoxy groups -OCH3 is 2. The zero-order valence-corrected chi connectivity index (χ0v) is 21.0. The van der Waals surface area contributed by atoms with Gasteiger partial charge >= 0.3 is 0 Å². The van der Waals surface area contributed by atoms with Crippen molar-refractivity contribution >= 4 is 22.4 Å². The summed E-state index contributed by atoms with van der Waals surface area (Å²) in [5, 5.41) is 22.6. The maximum Gasteiger partial charge on any atom is 0.149 e. The van der Waals surface area contributed by atoms with Gasteiger partial charge in [-0.3, -0.25) is 0 Å². The number of aromatic hydroxyl groups is 2. The monoisotopic (exact) mass is 458 g/mol. The Labute approximate surface area is 196 Å². The first-order valence-corrected chi connectivity index (χ1v) is 11.2. The van der Waals surface area contributed by atoms with Gasteiger partial charge in [-0.2, -0.15) is 0 Å². The minimum atomic E-state index is -0.198. The van der Waals surface area contributed by atoms with Crippen LogP contribution in [0.4, 0.5) is 0 Å². The molecule has 0 aliphatic rings. The van der Waals surface area contributed by atoms with Crippen molar-refractivity contribution in [3.8, 4) is 23.0 Å². The van der Waals surface area contributed by atoms with E-state index in [1.165, 1.54) is 29.4 Å². The number of ether oxygens (including phenoxy) is 2. The Hall–Kier alpha value is -2.59. The Balaban J connectivity index is 2.51. The van der Waals surface area contributed by atoms with Crippen molar-refractivity contribution in [3.05, 3.63) is 57.2 Å². The molecule has 0 fully saturated rings. The SMILES string of the molecule is COc1cc(OC)c2c(O)c(Cl)c(O)c(CC(C/C=C(\C)CCC=C(C)C)=C(C)C)c2c1. The lowest BCUT2D eigenvalue weighted by atomic mass is 9.92. The van der Waals surface area contributed by atoms with E-state index in [0.717, 1.165) is 19.3 Å². The molecule has 2 aromatic rings. The Bertz CT molecular complexity index is 1070. The number of phenolic OH excluding ortho intramolecular Hbond substituents is 2. The molecule has 0 amide bonds. The number of halogens is 1. The van der Waals surface area contributed by atoms with Gasteiger partial charge in [-0.1, -0.05) is 46.0 Å². The molecule has 5 heteroatoms. The van der Waals surface area contributed by atoms with E-state index >= 15 is 0 Å². The summed E-state index contributed by atoms with van der Waals surface area (Å²) in [6.07, 6.45) is 7.84. The molecule has 0 spiro atoms. The molecule has 2 N–H and O–H groups in total. The molecule has 2 aromatic carbocycles. The first-order valence-electron chi connectivity index (χ1n) is 10.8. The van der Waals surface area contributed by atoms with Crippen molar-refractivity contribution in [1.29, 1.82) is 0 Å². The van der Waals surface area contributed by atoms with E-state index in [4.69, 9.17) is 21.1 Å².